The molecule has 2 aromatic rings. The van der Waals surface area contributed by atoms with Crippen LogP contribution in [-0.2, 0) is 20.5 Å². The molecule has 0 aliphatic heterocycles. The molecule has 1 N–H and O–H groups in total. The highest BCUT2D eigenvalue weighted by Crippen LogP contribution is 2.26. The molecule has 9 heteroatoms. The van der Waals surface area contributed by atoms with Gasteiger partial charge in [0, 0.05) is 15.6 Å². The van der Waals surface area contributed by atoms with Crippen LogP contribution in [0, 0.1) is 6.92 Å². The number of methoxy groups -OCH3 is 1. The molecule has 0 atom stereocenters. The van der Waals surface area contributed by atoms with E-state index in [0.29, 0.717) is 26.9 Å². The number of ether oxygens (including phenoxy) is 2. The topological polar surface area (TPSA) is 98.8 Å². The van der Waals surface area contributed by atoms with E-state index in [9.17, 15) is 18.0 Å². The van der Waals surface area contributed by atoms with Crippen LogP contribution in [0.15, 0.2) is 40.9 Å². The van der Waals surface area contributed by atoms with Crippen molar-refractivity contribution < 1.29 is 27.5 Å². The molecule has 162 valence electrons. The number of hydrogen-bond acceptors (Lipinski definition) is 6. The lowest BCUT2D eigenvalue weighted by molar-refractivity contribution is 0.0570. The number of aryl methyl sites for hydroxylation is 1. The lowest BCUT2D eigenvalue weighted by Gasteiger charge is -2.19. The highest BCUT2D eigenvalue weighted by molar-refractivity contribution is 9.10. The highest BCUT2D eigenvalue weighted by atomic mass is 79.9. The van der Waals surface area contributed by atoms with E-state index in [0.717, 1.165) is 5.56 Å². The zero-order valence-electron chi connectivity index (χ0n) is 17.4. The monoisotopic (exact) mass is 497 g/mol. The number of hydrogen-bond donors (Lipinski definition) is 1. The van der Waals surface area contributed by atoms with Crippen LogP contribution in [0.5, 0.6) is 5.75 Å². The van der Waals surface area contributed by atoms with Crippen molar-refractivity contribution >= 4 is 37.8 Å². The molecule has 30 heavy (non-hydrogen) atoms. The van der Waals surface area contributed by atoms with Crippen molar-refractivity contribution in [3.63, 3.8) is 0 Å². The second kappa shape index (κ2) is 9.18. The van der Waals surface area contributed by atoms with Crippen molar-refractivity contribution in [2.24, 2.45) is 0 Å². The zero-order chi connectivity index (χ0) is 22.7. The van der Waals surface area contributed by atoms with Crippen molar-refractivity contribution in [1.29, 1.82) is 0 Å². The summed E-state index contributed by atoms with van der Waals surface area (Å²) in [6, 6.07) is 9.76. The van der Waals surface area contributed by atoms with Gasteiger partial charge in [-0.1, -0.05) is 34.1 Å². The summed E-state index contributed by atoms with van der Waals surface area (Å²) in [5.74, 6) is -0.0770. The Labute approximate surface area is 185 Å². The maximum absolute atomic E-state index is 12.8. The molecule has 0 spiro atoms. The molecule has 1 amide bonds. The minimum Gasteiger partial charge on any atom is -0.496 e. The van der Waals surface area contributed by atoms with E-state index in [1.165, 1.54) is 25.3 Å². The standard InChI is InChI=1S/C21H24BrNO6S/c1-13-6-8-15(11-18(13)28-5)19(24)16-9-7-14(10-17(16)22)12-30(26,27)23-20(25)29-21(2,3)4/h6-11H,12H2,1-5H3,(H,23,25). The Morgan fingerprint density at radius 1 is 1.10 bits per heavy atom. The van der Waals surface area contributed by atoms with Crippen LogP contribution in [0.1, 0.15) is 47.8 Å². The maximum atomic E-state index is 12.8. The van der Waals surface area contributed by atoms with E-state index < -0.39 is 27.5 Å². The first kappa shape index (κ1) is 23.9. The van der Waals surface area contributed by atoms with Crippen LogP contribution in [0.25, 0.3) is 0 Å². The molecular weight excluding hydrogens is 474 g/mol. The molecule has 0 radical (unpaired) electrons. The van der Waals surface area contributed by atoms with E-state index >= 15 is 0 Å². The number of halogens is 1. The zero-order valence-corrected chi connectivity index (χ0v) is 19.8. The quantitative estimate of drug-likeness (QED) is 0.595. The molecule has 0 aliphatic rings. The fraction of sp³-hybridized carbons (Fsp3) is 0.333. The van der Waals surface area contributed by atoms with Crippen molar-refractivity contribution in [2.45, 2.75) is 39.0 Å². The van der Waals surface area contributed by atoms with Gasteiger partial charge in [-0.2, -0.15) is 0 Å². The van der Waals surface area contributed by atoms with Crippen molar-refractivity contribution in [3.8, 4) is 5.75 Å². The predicted octanol–water partition coefficient (Wildman–Crippen LogP) is 4.35. The first-order chi connectivity index (χ1) is 13.8. The minimum atomic E-state index is -3.97. The molecule has 2 aromatic carbocycles. The number of amides is 1. The molecule has 0 aromatic heterocycles. The maximum Gasteiger partial charge on any atom is 0.421 e. The Morgan fingerprint density at radius 2 is 1.77 bits per heavy atom. The lowest BCUT2D eigenvalue weighted by Crippen LogP contribution is -2.36. The number of ketones is 1. The first-order valence-electron chi connectivity index (χ1n) is 9.02. The summed E-state index contributed by atoms with van der Waals surface area (Å²) < 4.78 is 37.0. The van der Waals surface area contributed by atoms with Gasteiger partial charge >= 0.3 is 6.09 Å². The van der Waals surface area contributed by atoms with Gasteiger partial charge in [-0.05, 0) is 57.0 Å². The molecular formula is C21H24BrNO6S. The molecule has 0 bridgehead atoms. The Kier molecular flexibility index (Phi) is 7.31. The van der Waals surface area contributed by atoms with Gasteiger partial charge in [-0.3, -0.25) is 4.79 Å². The van der Waals surface area contributed by atoms with Gasteiger partial charge in [0.1, 0.15) is 11.4 Å². The molecule has 0 saturated heterocycles. The van der Waals surface area contributed by atoms with E-state index in [4.69, 9.17) is 9.47 Å². The molecule has 0 fully saturated rings. The Hall–Kier alpha value is -2.39. The summed E-state index contributed by atoms with van der Waals surface area (Å²) in [6.07, 6.45) is -1.04. The third-order valence-electron chi connectivity index (χ3n) is 3.94. The van der Waals surface area contributed by atoms with Gasteiger partial charge in [0.05, 0.1) is 12.9 Å². The second-order valence-corrected chi connectivity index (χ2v) is 10.3. The number of sulfonamides is 1. The largest absolute Gasteiger partial charge is 0.496 e. The molecule has 0 unspecified atom stereocenters. The average molecular weight is 498 g/mol. The minimum absolute atomic E-state index is 0.235. The fourth-order valence-corrected chi connectivity index (χ4v) is 4.22. The van der Waals surface area contributed by atoms with Gasteiger partial charge in [0.25, 0.3) is 0 Å². The number of benzene rings is 2. The molecule has 7 nitrogen and oxygen atoms in total. The fourth-order valence-electron chi connectivity index (χ4n) is 2.63. The highest BCUT2D eigenvalue weighted by Gasteiger charge is 2.22. The number of carbonyl (C=O) groups is 2. The van der Waals surface area contributed by atoms with Crippen molar-refractivity contribution in [2.75, 3.05) is 7.11 Å². The van der Waals surface area contributed by atoms with Crippen LogP contribution in [0.3, 0.4) is 0 Å². The summed E-state index contributed by atoms with van der Waals surface area (Å²) in [5.41, 5.74) is 1.32. The Balaban J connectivity index is 2.19. The third kappa shape index (κ3) is 6.56. The van der Waals surface area contributed by atoms with Crippen molar-refractivity contribution in [3.05, 3.63) is 63.1 Å². The summed E-state index contributed by atoms with van der Waals surface area (Å²) in [6.45, 7) is 6.78. The van der Waals surface area contributed by atoms with Crippen molar-refractivity contribution in [1.82, 2.24) is 4.72 Å². The predicted molar refractivity (Wildman–Crippen MR) is 117 cm³/mol. The molecule has 0 heterocycles. The van der Waals surface area contributed by atoms with Crippen LogP contribution in [0.4, 0.5) is 4.79 Å². The SMILES string of the molecule is COc1cc(C(=O)c2ccc(CS(=O)(=O)NC(=O)OC(C)(C)C)cc2Br)ccc1C. The van der Waals surface area contributed by atoms with E-state index in [1.807, 2.05) is 11.6 Å². The van der Waals surface area contributed by atoms with E-state index in [2.05, 4.69) is 15.9 Å². The number of carbonyl (C=O) groups excluding carboxylic acids is 2. The summed E-state index contributed by atoms with van der Waals surface area (Å²) in [7, 11) is -2.43. The van der Waals surface area contributed by atoms with Gasteiger partial charge in [0.15, 0.2) is 5.78 Å². The normalized spacial score (nSPS) is 11.7. The van der Waals surface area contributed by atoms with E-state index in [1.54, 1.807) is 39.0 Å². The number of nitrogens with one attached hydrogen (secondary N) is 1. The molecule has 2 rings (SSSR count). The van der Waals surface area contributed by atoms with Gasteiger partial charge in [-0.15, -0.1) is 0 Å². The molecule has 0 saturated carbocycles. The summed E-state index contributed by atoms with van der Waals surface area (Å²) >= 11 is 3.33. The van der Waals surface area contributed by atoms with E-state index in [-0.39, 0.29) is 5.78 Å². The first-order valence-corrected chi connectivity index (χ1v) is 11.5. The van der Waals surface area contributed by atoms with Crippen LogP contribution < -0.4 is 9.46 Å². The van der Waals surface area contributed by atoms with Crippen LogP contribution in [0.2, 0.25) is 0 Å². The van der Waals surface area contributed by atoms with Gasteiger partial charge in [0.2, 0.25) is 10.0 Å². The lowest BCUT2D eigenvalue weighted by atomic mass is 10.0. The number of rotatable bonds is 6. The smallest absolute Gasteiger partial charge is 0.421 e. The van der Waals surface area contributed by atoms with Crippen LogP contribution in [-0.4, -0.2) is 33.0 Å². The summed E-state index contributed by atoms with van der Waals surface area (Å²) in [4.78, 5) is 24.6. The van der Waals surface area contributed by atoms with Gasteiger partial charge < -0.3 is 9.47 Å². The summed E-state index contributed by atoms with van der Waals surface area (Å²) in [5, 5.41) is 0. The third-order valence-corrected chi connectivity index (χ3v) is 5.79. The second-order valence-electron chi connectivity index (χ2n) is 7.69. The average Bonchev–Trinajstić information content (AvgIpc) is 2.59. The Bertz CT molecular complexity index is 1070. The van der Waals surface area contributed by atoms with Crippen LogP contribution >= 0.6 is 15.9 Å². The van der Waals surface area contributed by atoms with Gasteiger partial charge in [-0.25, -0.2) is 17.9 Å². The Morgan fingerprint density at radius 3 is 2.33 bits per heavy atom. The molecule has 0 aliphatic carbocycles.